The van der Waals surface area contributed by atoms with Gasteiger partial charge in [-0.1, -0.05) is 29.8 Å². The van der Waals surface area contributed by atoms with Crippen LogP contribution in [0.25, 0.3) is 0 Å². The van der Waals surface area contributed by atoms with E-state index >= 15 is 0 Å². The number of nitrogens with zero attached hydrogens (tertiary/aromatic N) is 1. The van der Waals surface area contributed by atoms with Crippen LogP contribution in [0.1, 0.15) is 36.9 Å². The summed E-state index contributed by atoms with van der Waals surface area (Å²) in [5, 5.41) is 0. The first kappa shape index (κ1) is 19.9. The number of rotatable bonds is 6. The van der Waals surface area contributed by atoms with Crippen molar-refractivity contribution < 1.29 is 19.2 Å². The number of carbonyl (C=O) groups is 2. The highest BCUT2D eigenvalue weighted by atomic mass is 16.6. The molecule has 0 aromatic heterocycles. The lowest BCUT2D eigenvalue weighted by Gasteiger charge is -2.40. The number of nitrogens with one attached hydrogen (secondary N) is 1. The highest BCUT2D eigenvalue weighted by Gasteiger charge is 2.41. The van der Waals surface area contributed by atoms with E-state index < -0.39 is 12.0 Å². The third-order valence-corrected chi connectivity index (χ3v) is 5.02. The molecule has 0 aliphatic carbocycles. The topological polar surface area (TPSA) is 67.9 Å². The lowest BCUT2D eigenvalue weighted by Crippen LogP contribution is -2.48. The Morgan fingerprint density at radius 1 is 1.14 bits per heavy atom. The predicted octanol–water partition coefficient (Wildman–Crippen LogP) is 3.56. The first-order valence-corrected chi connectivity index (χ1v) is 9.49. The molecule has 1 fully saturated rings. The van der Waals surface area contributed by atoms with E-state index in [-0.39, 0.29) is 11.8 Å². The molecule has 2 atom stereocenters. The van der Waals surface area contributed by atoms with Gasteiger partial charge in [0, 0.05) is 12.1 Å². The molecule has 0 spiro atoms. The average molecular weight is 382 g/mol. The minimum Gasteiger partial charge on any atom is -0.497 e. The zero-order chi connectivity index (χ0) is 20.1. The van der Waals surface area contributed by atoms with E-state index in [0.29, 0.717) is 19.4 Å². The van der Waals surface area contributed by atoms with E-state index in [9.17, 15) is 9.59 Å². The third kappa shape index (κ3) is 4.17. The number of anilines is 1. The van der Waals surface area contributed by atoms with Crippen molar-refractivity contribution >= 4 is 17.5 Å². The van der Waals surface area contributed by atoms with E-state index in [1.807, 2.05) is 62.4 Å². The van der Waals surface area contributed by atoms with E-state index in [4.69, 9.17) is 9.57 Å². The monoisotopic (exact) mass is 382 g/mol. The molecule has 1 saturated heterocycles. The Morgan fingerprint density at radius 2 is 1.82 bits per heavy atom. The second-order valence-electron chi connectivity index (χ2n) is 6.86. The van der Waals surface area contributed by atoms with Gasteiger partial charge in [-0.05, 0) is 50.1 Å². The van der Waals surface area contributed by atoms with Crippen LogP contribution in [0, 0.1) is 12.8 Å². The molecule has 3 rings (SSSR count). The van der Waals surface area contributed by atoms with Crippen molar-refractivity contribution in [2.75, 3.05) is 18.6 Å². The van der Waals surface area contributed by atoms with Gasteiger partial charge < -0.3 is 9.64 Å². The number of hydrogen-bond acceptors (Lipinski definition) is 4. The molecule has 1 aliphatic rings. The van der Waals surface area contributed by atoms with Crippen molar-refractivity contribution in [1.29, 1.82) is 0 Å². The number of piperidine rings is 1. The summed E-state index contributed by atoms with van der Waals surface area (Å²) in [5.41, 5.74) is 5.29. The fraction of sp³-hybridized carbons (Fsp3) is 0.364. The van der Waals surface area contributed by atoms with Crippen LogP contribution >= 0.6 is 0 Å². The molecule has 2 aromatic rings. The Morgan fingerprint density at radius 3 is 2.43 bits per heavy atom. The smallest absolute Gasteiger partial charge is 0.249 e. The van der Waals surface area contributed by atoms with E-state index in [1.54, 1.807) is 12.0 Å². The summed E-state index contributed by atoms with van der Waals surface area (Å²) in [6.07, 6.45) is 0.779. The van der Waals surface area contributed by atoms with Gasteiger partial charge >= 0.3 is 0 Å². The minimum atomic E-state index is -0.421. The van der Waals surface area contributed by atoms with Gasteiger partial charge in [0.05, 0.1) is 25.7 Å². The molecule has 1 aliphatic heterocycles. The summed E-state index contributed by atoms with van der Waals surface area (Å²) in [6.45, 7) is 4.19. The summed E-state index contributed by atoms with van der Waals surface area (Å²) in [5.74, 6) is 0.0967. The molecular formula is C22H26N2O4. The number of amides is 2. The van der Waals surface area contributed by atoms with Crippen LogP contribution in [-0.2, 0) is 14.4 Å². The summed E-state index contributed by atoms with van der Waals surface area (Å²) in [7, 11) is 1.61. The van der Waals surface area contributed by atoms with Gasteiger partial charge in [-0.15, -0.1) is 0 Å². The Balaban J connectivity index is 2.03. The van der Waals surface area contributed by atoms with Gasteiger partial charge in [0.25, 0.3) is 0 Å². The standard InChI is InChI=1S/C22H26N2O4/c1-4-28-23-22(26)19-13-14-20(25)24(17-9-5-15(2)6-10-17)21(19)16-7-11-18(27-3)12-8-16/h5-12,19,21H,4,13-14H2,1-3H3,(H,23,26). The number of benzene rings is 2. The van der Waals surface area contributed by atoms with Crippen LogP contribution in [0.5, 0.6) is 5.75 Å². The predicted molar refractivity (Wildman–Crippen MR) is 107 cm³/mol. The van der Waals surface area contributed by atoms with E-state index in [2.05, 4.69) is 5.48 Å². The normalized spacial score (nSPS) is 19.4. The van der Waals surface area contributed by atoms with Gasteiger partial charge in [-0.3, -0.25) is 14.4 Å². The molecule has 2 unspecified atom stereocenters. The molecule has 28 heavy (non-hydrogen) atoms. The van der Waals surface area contributed by atoms with Crippen LogP contribution in [0.3, 0.4) is 0 Å². The second kappa shape index (κ2) is 8.89. The van der Waals surface area contributed by atoms with Crippen LogP contribution in [0.15, 0.2) is 48.5 Å². The molecule has 0 radical (unpaired) electrons. The fourth-order valence-electron chi connectivity index (χ4n) is 3.58. The van der Waals surface area contributed by atoms with Crippen molar-refractivity contribution in [2.24, 2.45) is 5.92 Å². The van der Waals surface area contributed by atoms with Crippen molar-refractivity contribution in [3.05, 3.63) is 59.7 Å². The van der Waals surface area contributed by atoms with Crippen LogP contribution in [0.2, 0.25) is 0 Å². The van der Waals surface area contributed by atoms with E-state index in [1.165, 1.54) is 0 Å². The SMILES string of the molecule is CCONC(=O)C1CCC(=O)N(c2ccc(C)cc2)C1c1ccc(OC)cc1. The molecule has 6 nitrogen and oxygen atoms in total. The molecular weight excluding hydrogens is 356 g/mol. The van der Waals surface area contributed by atoms with Crippen molar-refractivity contribution in [2.45, 2.75) is 32.7 Å². The fourth-order valence-corrected chi connectivity index (χ4v) is 3.58. The molecule has 148 valence electrons. The maximum Gasteiger partial charge on any atom is 0.249 e. The second-order valence-corrected chi connectivity index (χ2v) is 6.86. The lowest BCUT2D eigenvalue weighted by molar-refractivity contribution is -0.140. The molecule has 6 heteroatoms. The number of hydroxylamine groups is 1. The zero-order valence-corrected chi connectivity index (χ0v) is 16.5. The molecule has 2 aromatic carbocycles. The Hall–Kier alpha value is -2.86. The number of ether oxygens (including phenoxy) is 1. The minimum absolute atomic E-state index is 0.00475. The number of aryl methyl sites for hydroxylation is 1. The van der Waals surface area contributed by atoms with Crippen molar-refractivity contribution in [3.63, 3.8) is 0 Å². The van der Waals surface area contributed by atoms with Crippen LogP contribution < -0.4 is 15.1 Å². The van der Waals surface area contributed by atoms with Gasteiger partial charge in [-0.25, -0.2) is 5.48 Å². The highest BCUT2D eigenvalue weighted by molar-refractivity contribution is 5.97. The first-order chi connectivity index (χ1) is 13.5. The average Bonchev–Trinajstić information content (AvgIpc) is 2.72. The van der Waals surface area contributed by atoms with E-state index in [0.717, 1.165) is 22.6 Å². The number of methoxy groups -OCH3 is 1. The molecule has 1 heterocycles. The summed E-state index contributed by atoms with van der Waals surface area (Å²) >= 11 is 0. The summed E-state index contributed by atoms with van der Waals surface area (Å²) < 4.78 is 5.25. The maximum absolute atomic E-state index is 12.9. The molecule has 0 bridgehead atoms. The number of carbonyl (C=O) groups excluding carboxylic acids is 2. The maximum atomic E-state index is 12.9. The molecule has 1 N–H and O–H groups in total. The highest BCUT2D eigenvalue weighted by Crippen LogP contribution is 2.40. The van der Waals surface area contributed by atoms with Gasteiger partial charge in [0.15, 0.2) is 0 Å². The number of hydrogen-bond donors (Lipinski definition) is 1. The van der Waals surface area contributed by atoms with Crippen molar-refractivity contribution in [1.82, 2.24) is 5.48 Å². The Kier molecular flexibility index (Phi) is 6.31. The largest absolute Gasteiger partial charge is 0.497 e. The first-order valence-electron chi connectivity index (χ1n) is 9.49. The summed E-state index contributed by atoms with van der Waals surface area (Å²) in [4.78, 5) is 32.6. The Bertz CT molecular complexity index is 817. The van der Waals surface area contributed by atoms with Crippen molar-refractivity contribution in [3.8, 4) is 5.75 Å². The quantitative estimate of drug-likeness (QED) is 0.776. The Labute approximate surface area is 165 Å². The van der Waals surface area contributed by atoms with Gasteiger partial charge in [0.2, 0.25) is 11.8 Å². The lowest BCUT2D eigenvalue weighted by atomic mass is 9.83. The third-order valence-electron chi connectivity index (χ3n) is 5.02. The molecule has 2 amide bonds. The van der Waals surface area contributed by atoms with Gasteiger partial charge in [-0.2, -0.15) is 0 Å². The van der Waals surface area contributed by atoms with Crippen LogP contribution in [0.4, 0.5) is 5.69 Å². The van der Waals surface area contributed by atoms with Gasteiger partial charge in [0.1, 0.15) is 5.75 Å². The molecule has 0 saturated carbocycles. The zero-order valence-electron chi connectivity index (χ0n) is 16.5. The van der Waals surface area contributed by atoms with Crippen LogP contribution in [-0.4, -0.2) is 25.5 Å². The summed E-state index contributed by atoms with van der Waals surface area (Å²) in [6, 6.07) is 14.9.